The Labute approximate surface area is 109 Å². The molecular formula is C13H14F2N4. The molecule has 0 saturated carbocycles. The van der Waals surface area contributed by atoms with Gasteiger partial charge in [0.25, 0.3) is 0 Å². The molecule has 1 aliphatic rings. The third-order valence-electron chi connectivity index (χ3n) is 3.51. The van der Waals surface area contributed by atoms with Gasteiger partial charge in [-0.3, -0.25) is 0 Å². The summed E-state index contributed by atoms with van der Waals surface area (Å²) in [4.78, 5) is 0. The topological polar surface area (TPSA) is 56.7 Å². The van der Waals surface area contributed by atoms with Gasteiger partial charge < -0.3 is 10.3 Å². The molecule has 1 aliphatic heterocycles. The minimum Gasteiger partial charge on any atom is -0.330 e. The SMILES string of the molecule is NCC1CCn2c(nnc2-c2cc(F)cc(F)c2)C1. The molecule has 0 aliphatic carbocycles. The molecule has 1 atom stereocenters. The number of rotatable bonds is 2. The number of nitrogens with two attached hydrogens (primary N) is 1. The summed E-state index contributed by atoms with van der Waals surface area (Å²) in [5, 5.41) is 8.16. The van der Waals surface area contributed by atoms with E-state index in [0.29, 0.717) is 23.9 Å². The summed E-state index contributed by atoms with van der Waals surface area (Å²) in [7, 11) is 0. The minimum absolute atomic E-state index is 0.411. The van der Waals surface area contributed by atoms with Gasteiger partial charge in [-0.25, -0.2) is 8.78 Å². The van der Waals surface area contributed by atoms with E-state index in [2.05, 4.69) is 10.2 Å². The lowest BCUT2D eigenvalue weighted by Crippen LogP contribution is -2.25. The number of halogens is 2. The average molecular weight is 264 g/mol. The van der Waals surface area contributed by atoms with E-state index in [4.69, 9.17) is 5.73 Å². The van der Waals surface area contributed by atoms with E-state index < -0.39 is 11.6 Å². The first kappa shape index (κ1) is 12.2. The molecule has 0 spiro atoms. The lowest BCUT2D eigenvalue weighted by molar-refractivity contribution is 0.391. The highest BCUT2D eigenvalue weighted by molar-refractivity contribution is 5.55. The summed E-state index contributed by atoms with van der Waals surface area (Å²) in [5.74, 6) is 0.546. The van der Waals surface area contributed by atoms with Crippen LogP contribution < -0.4 is 5.73 Å². The standard InChI is InChI=1S/C13H14F2N4/c14-10-4-9(5-11(15)6-10)13-18-17-12-3-8(7-16)1-2-19(12)13/h4-6,8H,1-3,7,16H2. The molecule has 1 unspecified atom stereocenters. The molecule has 0 fully saturated rings. The van der Waals surface area contributed by atoms with Crippen molar-refractivity contribution in [2.45, 2.75) is 19.4 Å². The predicted octanol–water partition coefficient (Wildman–Crippen LogP) is 1.74. The highest BCUT2D eigenvalue weighted by atomic mass is 19.1. The molecule has 6 heteroatoms. The van der Waals surface area contributed by atoms with Crippen molar-refractivity contribution < 1.29 is 8.78 Å². The second-order valence-corrected chi connectivity index (χ2v) is 4.84. The number of aromatic nitrogens is 3. The van der Waals surface area contributed by atoms with E-state index in [-0.39, 0.29) is 0 Å². The van der Waals surface area contributed by atoms with E-state index in [1.54, 1.807) is 0 Å². The highest BCUT2D eigenvalue weighted by Gasteiger charge is 2.23. The first-order chi connectivity index (χ1) is 9.17. The fourth-order valence-electron chi connectivity index (χ4n) is 2.49. The lowest BCUT2D eigenvalue weighted by Gasteiger charge is -2.22. The summed E-state index contributed by atoms with van der Waals surface area (Å²) < 4.78 is 28.4. The van der Waals surface area contributed by atoms with Gasteiger partial charge >= 0.3 is 0 Å². The van der Waals surface area contributed by atoms with Gasteiger partial charge in [-0.1, -0.05) is 0 Å². The van der Waals surface area contributed by atoms with Crippen molar-refractivity contribution in [3.8, 4) is 11.4 Å². The number of nitrogens with zero attached hydrogens (tertiary/aromatic N) is 3. The Morgan fingerprint density at radius 2 is 1.95 bits per heavy atom. The number of hydrogen-bond donors (Lipinski definition) is 1. The second-order valence-electron chi connectivity index (χ2n) is 4.84. The Morgan fingerprint density at radius 3 is 2.63 bits per heavy atom. The fraction of sp³-hybridized carbons (Fsp3) is 0.385. The van der Waals surface area contributed by atoms with E-state index in [1.165, 1.54) is 12.1 Å². The maximum Gasteiger partial charge on any atom is 0.164 e. The Bertz CT molecular complexity index is 588. The zero-order valence-corrected chi connectivity index (χ0v) is 10.3. The van der Waals surface area contributed by atoms with Gasteiger partial charge in [0, 0.05) is 24.6 Å². The van der Waals surface area contributed by atoms with Crippen LogP contribution in [0.2, 0.25) is 0 Å². The Balaban J connectivity index is 2.01. The molecule has 0 radical (unpaired) electrons. The van der Waals surface area contributed by atoms with Crippen molar-refractivity contribution in [3.63, 3.8) is 0 Å². The molecule has 1 aromatic carbocycles. The first-order valence-electron chi connectivity index (χ1n) is 6.26. The minimum atomic E-state index is -0.608. The molecule has 1 aromatic heterocycles. The van der Waals surface area contributed by atoms with Crippen LogP contribution in [0.1, 0.15) is 12.2 Å². The largest absolute Gasteiger partial charge is 0.330 e. The molecule has 4 nitrogen and oxygen atoms in total. The van der Waals surface area contributed by atoms with Crippen molar-refractivity contribution in [1.29, 1.82) is 0 Å². The second kappa shape index (κ2) is 4.70. The van der Waals surface area contributed by atoms with Gasteiger partial charge in [0.15, 0.2) is 5.82 Å². The zero-order chi connectivity index (χ0) is 13.4. The summed E-state index contributed by atoms with van der Waals surface area (Å²) in [6.07, 6.45) is 1.70. The zero-order valence-electron chi connectivity index (χ0n) is 10.3. The Kier molecular flexibility index (Phi) is 3.02. The maximum absolute atomic E-state index is 13.3. The molecule has 100 valence electrons. The molecule has 0 saturated heterocycles. The van der Waals surface area contributed by atoms with Crippen LogP contribution in [-0.4, -0.2) is 21.3 Å². The third-order valence-corrected chi connectivity index (χ3v) is 3.51. The Hall–Kier alpha value is -1.82. The van der Waals surface area contributed by atoms with Gasteiger partial charge in [0.1, 0.15) is 17.5 Å². The number of hydrogen-bond acceptors (Lipinski definition) is 3. The number of fused-ring (bicyclic) bond motifs is 1. The van der Waals surface area contributed by atoms with Crippen LogP contribution in [-0.2, 0) is 13.0 Å². The van der Waals surface area contributed by atoms with Crippen LogP contribution in [0.25, 0.3) is 11.4 Å². The fourth-order valence-corrected chi connectivity index (χ4v) is 2.49. The van der Waals surface area contributed by atoms with Crippen LogP contribution in [0.15, 0.2) is 18.2 Å². The van der Waals surface area contributed by atoms with Crippen molar-refractivity contribution >= 4 is 0 Å². The predicted molar refractivity (Wildman–Crippen MR) is 66.2 cm³/mol. The summed E-state index contributed by atoms with van der Waals surface area (Å²) in [6, 6.07) is 3.40. The number of benzene rings is 1. The van der Waals surface area contributed by atoms with Crippen molar-refractivity contribution in [1.82, 2.24) is 14.8 Å². The van der Waals surface area contributed by atoms with E-state index >= 15 is 0 Å². The third kappa shape index (κ3) is 2.23. The van der Waals surface area contributed by atoms with Crippen LogP contribution in [0, 0.1) is 17.6 Å². The van der Waals surface area contributed by atoms with Crippen LogP contribution in [0.4, 0.5) is 8.78 Å². The van der Waals surface area contributed by atoms with Crippen molar-refractivity contribution in [2.75, 3.05) is 6.54 Å². The lowest BCUT2D eigenvalue weighted by atomic mass is 9.98. The van der Waals surface area contributed by atoms with E-state index in [9.17, 15) is 8.78 Å². The van der Waals surface area contributed by atoms with Crippen LogP contribution >= 0.6 is 0 Å². The van der Waals surface area contributed by atoms with Crippen molar-refractivity contribution in [3.05, 3.63) is 35.7 Å². The summed E-state index contributed by atoms with van der Waals surface area (Å²) in [5.41, 5.74) is 6.08. The molecular weight excluding hydrogens is 250 g/mol. The molecule has 0 bridgehead atoms. The van der Waals surface area contributed by atoms with Gasteiger partial charge in [-0.2, -0.15) is 0 Å². The summed E-state index contributed by atoms with van der Waals surface area (Å²) >= 11 is 0. The van der Waals surface area contributed by atoms with Gasteiger partial charge in [0.2, 0.25) is 0 Å². The highest BCUT2D eigenvalue weighted by Crippen LogP contribution is 2.26. The van der Waals surface area contributed by atoms with Crippen molar-refractivity contribution in [2.24, 2.45) is 11.7 Å². The average Bonchev–Trinajstić information content (AvgIpc) is 2.80. The van der Waals surface area contributed by atoms with Gasteiger partial charge in [-0.15, -0.1) is 10.2 Å². The quantitative estimate of drug-likeness (QED) is 0.899. The van der Waals surface area contributed by atoms with Crippen LogP contribution in [0.5, 0.6) is 0 Å². The summed E-state index contributed by atoms with van der Waals surface area (Å²) in [6.45, 7) is 1.36. The molecule has 2 heterocycles. The Morgan fingerprint density at radius 1 is 1.21 bits per heavy atom. The van der Waals surface area contributed by atoms with Gasteiger partial charge in [-0.05, 0) is 31.0 Å². The monoisotopic (exact) mass is 264 g/mol. The molecule has 2 N–H and O–H groups in total. The molecule has 0 amide bonds. The van der Waals surface area contributed by atoms with E-state index in [1.807, 2.05) is 4.57 Å². The molecule has 19 heavy (non-hydrogen) atoms. The maximum atomic E-state index is 13.3. The normalized spacial score (nSPS) is 18.4. The smallest absolute Gasteiger partial charge is 0.164 e. The van der Waals surface area contributed by atoms with E-state index in [0.717, 1.165) is 31.3 Å². The van der Waals surface area contributed by atoms with Crippen LogP contribution in [0.3, 0.4) is 0 Å². The molecule has 3 rings (SSSR count). The molecule has 2 aromatic rings. The first-order valence-corrected chi connectivity index (χ1v) is 6.26. The van der Waals surface area contributed by atoms with Gasteiger partial charge in [0.05, 0.1) is 0 Å².